The van der Waals surface area contributed by atoms with E-state index in [4.69, 9.17) is 9.90 Å². The van der Waals surface area contributed by atoms with Gasteiger partial charge in [-0.2, -0.15) is 13.2 Å². The zero-order valence-electron chi connectivity index (χ0n) is 8.69. The normalized spacial score (nSPS) is 10.1. The monoisotopic (exact) mass is 228 g/mol. The Morgan fingerprint density at radius 3 is 1.36 bits per heavy atom. The largest absolute Gasteiger partial charge is 0.490 e. The van der Waals surface area contributed by atoms with Crippen LogP contribution in [0.25, 0.3) is 0 Å². The smallest absolute Gasteiger partial charge is 0.475 e. The van der Waals surface area contributed by atoms with Gasteiger partial charge in [-0.3, -0.25) is 0 Å². The van der Waals surface area contributed by atoms with Gasteiger partial charge in [0.2, 0.25) is 0 Å². The highest BCUT2D eigenvalue weighted by atomic mass is 27.2. The van der Waals surface area contributed by atoms with Crippen molar-refractivity contribution in [2.24, 2.45) is 0 Å². The van der Waals surface area contributed by atoms with E-state index in [1.165, 1.54) is 15.8 Å². The summed E-state index contributed by atoms with van der Waals surface area (Å²) in [5.41, 5.74) is 0. The lowest BCUT2D eigenvalue weighted by Gasteiger charge is -1.97. The number of carboxylic acids is 1. The average Bonchev–Trinajstić information content (AvgIpc) is 2.07. The van der Waals surface area contributed by atoms with Gasteiger partial charge in [-0.1, -0.05) is 36.6 Å². The molecule has 0 fully saturated rings. The topological polar surface area (TPSA) is 37.3 Å². The van der Waals surface area contributed by atoms with E-state index in [2.05, 4.69) is 20.8 Å². The minimum Gasteiger partial charge on any atom is -0.475 e. The Hall–Kier alpha value is -0.208. The molecule has 0 aliphatic carbocycles. The van der Waals surface area contributed by atoms with Crippen LogP contribution in [-0.4, -0.2) is 31.4 Å². The van der Waals surface area contributed by atoms with Crippen molar-refractivity contribution in [2.45, 2.75) is 42.8 Å². The van der Waals surface area contributed by atoms with Crippen LogP contribution < -0.4 is 0 Å². The van der Waals surface area contributed by atoms with Crippen LogP contribution in [0.4, 0.5) is 13.2 Å². The predicted molar refractivity (Wildman–Crippen MR) is 50.9 cm³/mol. The maximum absolute atomic E-state index is 10.6. The lowest BCUT2D eigenvalue weighted by Crippen LogP contribution is -2.21. The van der Waals surface area contributed by atoms with Crippen molar-refractivity contribution < 1.29 is 23.1 Å². The highest BCUT2D eigenvalue weighted by Crippen LogP contribution is 2.13. The molecule has 0 aromatic carbocycles. The van der Waals surface area contributed by atoms with Crippen molar-refractivity contribution >= 4 is 20.1 Å². The second-order valence-electron chi connectivity index (χ2n) is 2.89. The van der Waals surface area contributed by atoms with Gasteiger partial charge in [0.1, 0.15) is 0 Å². The Morgan fingerprint density at radius 2 is 1.36 bits per heavy atom. The van der Waals surface area contributed by atoms with Crippen molar-refractivity contribution in [3.63, 3.8) is 0 Å². The number of rotatable bonds is 3. The van der Waals surface area contributed by atoms with Gasteiger partial charge in [0, 0.05) is 0 Å². The van der Waals surface area contributed by atoms with Crippen molar-refractivity contribution in [3.05, 3.63) is 0 Å². The zero-order valence-corrected chi connectivity index (χ0v) is 9.84. The Bertz CT molecular complexity index is 150. The molecular weight excluding hydrogens is 212 g/mol. The first-order chi connectivity index (χ1) is 6.29. The van der Waals surface area contributed by atoms with E-state index < -0.39 is 12.1 Å². The number of hydrogen-bond donors (Lipinski definition) is 1. The molecule has 0 rings (SSSR count). The molecule has 0 aliphatic rings. The van der Waals surface area contributed by atoms with Crippen LogP contribution in [0.15, 0.2) is 0 Å². The molecule has 0 heterocycles. The molecule has 0 saturated carbocycles. The van der Waals surface area contributed by atoms with Gasteiger partial charge in [0.25, 0.3) is 14.1 Å². The molecule has 0 radical (unpaired) electrons. The van der Waals surface area contributed by atoms with Crippen LogP contribution in [0.3, 0.4) is 0 Å². The summed E-state index contributed by atoms with van der Waals surface area (Å²) in [7, 11) is 0. The highest BCUT2D eigenvalue weighted by Gasteiger charge is 2.38. The first kappa shape index (κ1) is 16.2. The van der Waals surface area contributed by atoms with Crippen LogP contribution in [0.1, 0.15) is 20.8 Å². The summed E-state index contributed by atoms with van der Waals surface area (Å²) in [4.78, 5) is 8.90. The summed E-state index contributed by atoms with van der Waals surface area (Å²) in [6.07, 6.45) is -5.08. The molecule has 0 aromatic rings. The third-order valence-electron chi connectivity index (χ3n) is 1.97. The number of aliphatic carboxylic acids is 1. The average molecular weight is 228 g/mol. The van der Waals surface area contributed by atoms with Crippen molar-refractivity contribution in [2.75, 3.05) is 0 Å². The van der Waals surface area contributed by atoms with Crippen LogP contribution in [0.2, 0.25) is 15.8 Å². The van der Waals surface area contributed by atoms with E-state index in [0.717, 1.165) is 0 Å². The van der Waals surface area contributed by atoms with Crippen LogP contribution in [0, 0.1) is 0 Å². The molecule has 1 N–H and O–H groups in total. The molecule has 0 bridgehead atoms. The molecule has 0 aromatic heterocycles. The van der Waals surface area contributed by atoms with Gasteiger partial charge < -0.3 is 5.11 Å². The summed E-state index contributed by atoms with van der Waals surface area (Å²) < 4.78 is 31.7. The fourth-order valence-corrected chi connectivity index (χ4v) is 2.60. The maximum atomic E-state index is 10.6. The summed E-state index contributed by atoms with van der Waals surface area (Å²) in [5, 5.41) is 11.6. The minimum absolute atomic E-state index is 0.171. The van der Waals surface area contributed by atoms with Gasteiger partial charge in [-0.15, -0.1) is 0 Å². The summed E-state index contributed by atoms with van der Waals surface area (Å²) in [5.74, 6) is -2.76. The fraction of sp³-hybridized carbons (Fsp3) is 0.875. The van der Waals surface area contributed by atoms with E-state index in [0.29, 0.717) is 0 Å². The fourth-order valence-electron chi connectivity index (χ4n) is 0.866. The van der Waals surface area contributed by atoms with Gasteiger partial charge in [0.15, 0.2) is 0 Å². The molecule has 2 nitrogen and oxygen atoms in total. The van der Waals surface area contributed by atoms with E-state index in [-0.39, 0.29) is 14.1 Å². The van der Waals surface area contributed by atoms with Crippen LogP contribution >= 0.6 is 0 Å². The predicted octanol–water partition coefficient (Wildman–Crippen LogP) is 3.17. The number of halogens is 3. The Morgan fingerprint density at radius 1 is 1.14 bits per heavy atom. The molecule has 0 spiro atoms. The summed E-state index contributed by atoms with van der Waals surface area (Å²) >= 11 is -0.171. The van der Waals surface area contributed by atoms with Crippen LogP contribution in [0.5, 0.6) is 0 Å². The van der Waals surface area contributed by atoms with Gasteiger partial charge in [-0.05, 0) is 0 Å². The van der Waals surface area contributed by atoms with Gasteiger partial charge in [-0.25, -0.2) is 4.79 Å². The summed E-state index contributed by atoms with van der Waals surface area (Å²) in [6, 6.07) is 0. The molecule has 84 valence electrons. The lowest BCUT2D eigenvalue weighted by molar-refractivity contribution is -0.192. The minimum atomic E-state index is -5.08. The van der Waals surface area contributed by atoms with Crippen molar-refractivity contribution in [1.29, 1.82) is 0 Å². The molecule has 0 saturated heterocycles. The third kappa shape index (κ3) is 9.88. The number of carboxylic acid groups (broad SMARTS) is 1. The Kier molecular flexibility index (Phi) is 9.43. The Labute approximate surface area is 86.5 Å². The molecule has 6 heteroatoms. The number of alkyl halides is 3. The second kappa shape index (κ2) is 8.13. The highest BCUT2D eigenvalue weighted by molar-refractivity contribution is 6.58. The number of carbonyl (C=O) groups is 1. The molecule has 0 atom stereocenters. The summed E-state index contributed by atoms with van der Waals surface area (Å²) in [6.45, 7) is 6.97. The molecule has 0 amide bonds. The first-order valence-electron chi connectivity index (χ1n) is 4.59. The van der Waals surface area contributed by atoms with E-state index in [1.54, 1.807) is 0 Å². The van der Waals surface area contributed by atoms with E-state index in [1.807, 2.05) is 0 Å². The van der Waals surface area contributed by atoms with Crippen molar-refractivity contribution in [1.82, 2.24) is 0 Å². The van der Waals surface area contributed by atoms with E-state index >= 15 is 0 Å². The SMILES string of the molecule is C[CH2][Al]([CH2]C)[CH2]C.O=C(O)C(F)(F)F. The van der Waals surface area contributed by atoms with Gasteiger partial charge >= 0.3 is 12.1 Å². The van der Waals surface area contributed by atoms with Gasteiger partial charge in [0.05, 0.1) is 0 Å². The quantitative estimate of drug-likeness (QED) is 0.753. The van der Waals surface area contributed by atoms with E-state index in [9.17, 15) is 13.2 Å². The molecule has 14 heavy (non-hydrogen) atoms. The number of hydrogen-bond acceptors (Lipinski definition) is 1. The second-order valence-corrected chi connectivity index (χ2v) is 7.08. The molecular formula is C8H16AlF3O2. The van der Waals surface area contributed by atoms with Crippen molar-refractivity contribution in [3.8, 4) is 0 Å². The Balaban J connectivity index is 0. The third-order valence-corrected chi connectivity index (χ3v) is 5.44. The molecule has 0 aliphatic heterocycles. The molecule has 0 unspecified atom stereocenters. The first-order valence-corrected chi connectivity index (χ1v) is 7.04. The standard InChI is InChI=1S/C2HF3O2.3C2H5.Al/c3-2(4,5)1(6)7;3*1-2;/h(H,6,7);3*1H2,2H3;. The lowest BCUT2D eigenvalue weighted by atomic mass is 10.7. The zero-order chi connectivity index (χ0) is 11.8. The maximum Gasteiger partial charge on any atom is 0.490 e. The van der Waals surface area contributed by atoms with Crippen LogP contribution in [-0.2, 0) is 4.79 Å².